The fraction of sp³-hybridized carbons (Fsp3) is 0.0667. The van der Waals surface area contributed by atoms with Gasteiger partial charge in [0.15, 0.2) is 6.61 Å². The van der Waals surface area contributed by atoms with Gasteiger partial charge in [0.05, 0.1) is 20.2 Å². The molecular formula is C15H9Br3Cl2N2O3. The molecule has 0 saturated carbocycles. The van der Waals surface area contributed by atoms with Crippen molar-refractivity contribution < 1.29 is 14.6 Å². The summed E-state index contributed by atoms with van der Waals surface area (Å²) < 4.78 is 6.91. The van der Waals surface area contributed by atoms with Crippen LogP contribution in [0.1, 0.15) is 5.56 Å². The number of ether oxygens (including phenoxy) is 1. The number of hydrogen-bond acceptors (Lipinski definition) is 4. The number of nitrogens with zero attached hydrogens (tertiary/aromatic N) is 1. The maximum absolute atomic E-state index is 11.8. The third-order valence-electron chi connectivity index (χ3n) is 2.82. The van der Waals surface area contributed by atoms with Gasteiger partial charge in [-0.25, -0.2) is 5.43 Å². The molecule has 0 bridgehead atoms. The Kier molecular flexibility index (Phi) is 7.57. The van der Waals surface area contributed by atoms with Crippen LogP contribution in [0.5, 0.6) is 11.5 Å². The highest BCUT2D eigenvalue weighted by molar-refractivity contribution is 9.11. The Hall–Kier alpha value is -0.800. The van der Waals surface area contributed by atoms with Crippen molar-refractivity contribution >= 4 is 83.1 Å². The van der Waals surface area contributed by atoms with E-state index >= 15 is 0 Å². The molecule has 0 aromatic heterocycles. The monoisotopic (exact) mass is 572 g/mol. The number of hydrogen-bond donors (Lipinski definition) is 2. The fourth-order valence-electron chi connectivity index (χ4n) is 1.65. The summed E-state index contributed by atoms with van der Waals surface area (Å²) in [4.78, 5) is 11.8. The molecule has 0 atom stereocenters. The SMILES string of the molecule is O=C(COc1ccc(Cl)cc1Cl)N/N=C\c1c(Br)cc(Br)c(O)c1Br. The van der Waals surface area contributed by atoms with Crippen LogP contribution >= 0.6 is 71.0 Å². The molecule has 132 valence electrons. The number of phenolic OH excluding ortho intramolecular Hbond substituents is 1. The normalized spacial score (nSPS) is 10.9. The third-order valence-corrected chi connectivity index (χ3v) is 5.41. The van der Waals surface area contributed by atoms with E-state index in [1.807, 2.05) is 0 Å². The number of hydrazone groups is 1. The average Bonchev–Trinajstić information content (AvgIpc) is 2.55. The van der Waals surface area contributed by atoms with Crippen molar-refractivity contribution in [3.63, 3.8) is 0 Å². The lowest BCUT2D eigenvalue weighted by atomic mass is 10.2. The van der Waals surface area contributed by atoms with E-state index in [1.165, 1.54) is 12.3 Å². The van der Waals surface area contributed by atoms with Crippen LogP contribution in [0.3, 0.4) is 0 Å². The zero-order chi connectivity index (χ0) is 18.6. The summed E-state index contributed by atoms with van der Waals surface area (Å²) in [6.07, 6.45) is 1.38. The smallest absolute Gasteiger partial charge is 0.277 e. The zero-order valence-corrected chi connectivity index (χ0v) is 18.5. The molecule has 0 spiro atoms. The number of amides is 1. The molecule has 25 heavy (non-hydrogen) atoms. The van der Waals surface area contributed by atoms with Gasteiger partial charge in [0.25, 0.3) is 5.91 Å². The number of nitrogens with one attached hydrogen (secondary N) is 1. The van der Waals surface area contributed by atoms with E-state index in [0.29, 0.717) is 34.8 Å². The maximum Gasteiger partial charge on any atom is 0.277 e. The van der Waals surface area contributed by atoms with Gasteiger partial charge in [0.1, 0.15) is 11.5 Å². The zero-order valence-electron chi connectivity index (χ0n) is 12.2. The number of rotatable bonds is 5. The van der Waals surface area contributed by atoms with Crippen LogP contribution in [0.2, 0.25) is 10.0 Å². The molecule has 2 aromatic carbocycles. The van der Waals surface area contributed by atoms with Crippen molar-refractivity contribution in [1.29, 1.82) is 0 Å². The molecule has 0 saturated heterocycles. The number of aromatic hydroxyl groups is 1. The number of carbonyl (C=O) groups excluding carboxylic acids is 1. The molecule has 5 nitrogen and oxygen atoms in total. The lowest BCUT2D eigenvalue weighted by Crippen LogP contribution is -2.24. The van der Waals surface area contributed by atoms with Crippen LogP contribution in [0, 0.1) is 0 Å². The third kappa shape index (κ3) is 5.59. The fourth-order valence-corrected chi connectivity index (χ4v) is 4.44. The predicted molar refractivity (Wildman–Crippen MR) is 109 cm³/mol. The van der Waals surface area contributed by atoms with Gasteiger partial charge in [0.2, 0.25) is 0 Å². The summed E-state index contributed by atoms with van der Waals surface area (Å²) in [5.74, 6) is -0.110. The first kappa shape index (κ1) is 20.5. The summed E-state index contributed by atoms with van der Waals surface area (Å²) in [5.41, 5.74) is 2.88. The Labute approximate surface area is 178 Å². The molecular weight excluding hydrogens is 567 g/mol. The second kappa shape index (κ2) is 9.23. The molecule has 0 radical (unpaired) electrons. The standard InChI is InChI=1S/C15H9Br3Cl2N2O3/c16-9-4-10(17)15(24)14(18)8(9)5-21-22-13(23)6-25-12-2-1-7(19)3-11(12)20/h1-5,24H,6H2,(H,22,23)/b21-5-. The van der Waals surface area contributed by atoms with Crippen molar-refractivity contribution in [3.05, 3.63) is 53.3 Å². The lowest BCUT2D eigenvalue weighted by Gasteiger charge is -2.08. The molecule has 0 unspecified atom stereocenters. The molecule has 10 heteroatoms. The molecule has 2 rings (SSSR count). The van der Waals surface area contributed by atoms with E-state index in [1.54, 1.807) is 18.2 Å². The van der Waals surface area contributed by atoms with Crippen LogP contribution in [-0.2, 0) is 4.79 Å². The Balaban J connectivity index is 1.96. The Bertz CT molecular complexity index is 847. The first-order valence-electron chi connectivity index (χ1n) is 6.55. The minimum Gasteiger partial charge on any atom is -0.506 e. The van der Waals surface area contributed by atoms with Crippen molar-refractivity contribution in [2.75, 3.05) is 6.61 Å². The van der Waals surface area contributed by atoms with Crippen LogP contribution in [0.4, 0.5) is 0 Å². The largest absolute Gasteiger partial charge is 0.506 e. The van der Waals surface area contributed by atoms with E-state index in [9.17, 15) is 9.90 Å². The minimum absolute atomic E-state index is 0.0247. The quantitative estimate of drug-likeness (QED) is 0.365. The van der Waals surface area contributed by atoms with Gasteiger partial charge in [-0.3, -0.25) is 4.79 Å². The summed E-state index contributed by atoms with van der Waals surface area (Å²) in [6, 6.07) is 6.35. The predicted octanol–water partition coefficient (Wildman–Crippen LogP) is 5.52. The number of carbonyl (C=O) groups is 1. The second-order valence-electron chi connectivity index (χ2n) is 4.57. The molecule has 0 fully saturated rings. The highest BCUT2D eigenvalue weighted by Crippen LogP contribution is 2.38. The van der Waals surface area contributed by atoms with Gasteiger partial charge in [-0.15, -0.1) is 0 Å². The van der Waals surface area contributed by atoms with Gasteiger partial charge >= 0.3 is 0 Å². The average molecular weight is 576 g/mol. The maximum atomic E-state index is 11.8. The first-order chi connectivity index (χ1) is 11.8. The van der Waals surface area contributed by atoms with Gasteiger partial charge in [0, 0.05) is 15.1 Å². The molecule has 2 aromatic rings. The Morgan fingerprint density at radius 2 is 1.96 bits per heavy atom. The topological polar surface area (TPSA) is 70.9 Å². The van der Waals surface area contributed by atoms with Crippen molar-refractivity contribution in [1.82, 2.24) is 5.43 Å². The minimum atomic E-state index is -0.476. The van der Waals surface area contributed by atoms with Crippen LogP contribution < -0.4 is 10.2 Å². The first-order valence-corrected chi connectivity index (χ1v) is 9.69. The molecule has 0 aliphatic heterocycles. The van der Waals surface area contributed by atoms with Gasteiger partial charge in [-0.05, 0) is 56.1 Å². The number of phenols is 1. The highest BCUT2D eigenvalue weighted by Gasteiger charge is 2.12. The van der Waals surface area contributed by atoms with E-state index in [4.69, 9.17) is 27.9 Å². The van der Waals surface area contributed by atoms with Crippen molar-refractivity contribution in [3.8, 4) is 11.5 Å². The van der Waals surface area contributed by atoms with Crippen molar-refractivity contribution in [2.45, 2.75) is 0 Å². The van der Waals surface area contributed by atoms with Gasteiger partial charge in [-0.1, -0.05) is 39.1 Å². The van der Waals surface area contributed by atoms with E-state index in [-0.39, 0.29) is 12.4 Å². The highest BCUT2D eigenvalue weighted by atomic mass is 79.9. The van der Waals surface area contributed by atoms with Crippen LogP contribution in [-0.4, -0.2) is 23.8 Å². The molecule has 0 heterocycles. The molecule has 1 amide bonds. The van der Waals surface area contributed by atoms with E-state index in [0.717, 1.165) is 0 Å². The van der Waals surface area contributed by atoms with Gasteiger partial charge in [-0.2, -0.15) is 5.10 Å². The number of halogens is 5. The Morgan fingerprint density at radius 3 is 2.64 bits per heavy atom. The summed E-state index contributed by atoms with van der Waals surface area (Å²) >= 11 is 21.6. The van der Waals surface area contributed by atoms with Crippen LogP contribution in [0.25, 0.3) is 0 Å². The number of benzene rings is 2. The van der Waals surface area contributed by atoms with Crippen LogP contribution in [0.15, 0.2) is 42.8 Å². The van der Waals surface area contributed by atoms with E-state index in [2.05, 4.69) is 58.3 Å². The molecule has 0 aliphatic carbocycles. The Morgan fingerprint density at radius 1 is 1.24 bits per heavy atom. The van der Waals surface area contributed by atoms with Gasteiger partial charge < -0.3 is 9.84 Å². The molecule has 2 N–H and O–H groups in total. The summed E-state index contributed by atoms with van der Waals surface area (Å²) in [6.45, 7) is -0.271. The summed E-state index contributed by atoms with van der Waals surface area (Å²) in [7, 11) is 0. The molecule has 0 aliphatic rings. The van der Waals surface area contributed by atoms with Crippen molar-refractivity contribution in [2.24, 2.45) is 5.10 Å². The summed E-state index contributed by atoms with van der Waals surface area (Å²) in [5, 5.41) is 14.5. The lowest BCUT2D eigenvalue weighted by molar-refractivity contribution is -0.123. The van der Waals surface area contributed by atoms with E-state index < -0.39 is 5.91 Å². The second-order valence-corrected chi connectivity index (χ2v) is 7.92.